The maximum absolute atomic E-state index is 5.92. The average molecular weight is 276 g/mol. The third-order valence-electron chi connectivity index (χ3n) is 2.79. The fourth-order valence-corrected chi connectivity index (χ4v) is 2.22. The standard InChI is InChI=1S/C11H15Cl2N3O/c12-10-9(5-15-11(13)16-10)7-17-6-8-2-1-3-14-4-8/h5,8,14H,1-4,6-7H2. The average Bonchev–Trinajstić information content (AvgIpc) is 2.33. The van der Waals surface area contributed by atoms with E-state index in [1.54, 1.807) is 6.20 Å². The van der Waals surface area contributed by atoms with Gasteiger partial charge in [-0.05, 0) is 36.9 Å². The minimum Gasteiger partial charge on any atom is -0.376 e. The van der Waals surface area contributed by atoms with E-state index < -0.39 is 0 Å². The lowest BCUT2D eigenvalue weighted by Crippen LogP contribution is -2.32. The van der Waals surface area contributed by atoms with Crippen molar-refractivity contribution < 1.29 is 4.74 Å². The Hall–Kier alpha value is -0.420. The van der Waals surface area contributed by atoms with Crippen LogP contribution < -0.4 is 5.32 Å². The van der Waals surface area contributed by atoms with E-state index in [0.717, 1.165) is 25.3 Å². The Balaban J connectivity index is 1.77. The van der Waals surface area contributed by atoms with Crippen LogP contribution in [-0.2, 0) is 11.3 Å². The first kappa shape index (κ1) is 13.0. The van der Waals surface area contributed by atoms with Gasteiger partial charge in [-0.3, -0.25) is 0 Å². The zero-order valence-corrected chi connectivity index (χ0v) is 11.0. The van der Waals surface area contributed by atoms with Gasteiger partial charge < -0.3 is 10.1 Å². The summed E-state index contributed by atoms with van der Waals surface area (Å²) in [7, 11) is 0. The second-order valence-corrected chi connectivity index (χ2v) is 4.88. The van der Waals surface area contributed by atoms with Crippen molar-refractivity contribution in [3.8, 4) is 0 Å². The molecule has 1 aliphatic rings. The summed E-state index contributed by atoms with van der Waals surface area (Å²) in [6.45, 7) is 3.33. The van der Waals surface area contributed by atoms with E-state index in [-0.39, 0.29) is 5.28 Å². The zero-order chi connectivity index (χ0) is 12.1. The lowest BCUT2D eigenvalue weighted by Gasteiger charge is -2.22. The molecule has 0 saturated carbocycles. The Bertz CT molecular complexity index is 370. The van der Waals surface area contributed by atoms with Gasteiger partial charge in [0.15, 0.2) is 0 Å². The highest BCUT2D eigenvalue weighted by molar-refractivity contribution is 6.32. The SMILES string of the molecule is Clc1ncc(COCC2CCCNC2)c(Cl)n1. The van der Waals surface area contributed by atoms with Gasteiger partial charge in [0.25, 0.3) is 0 Å². The first-order valence-electron chi connectivity index (χ1n) is 5.71. The van der Waals surface area contributed by atoms with Crippen molar-refractivity contribution in [3.63, 3.8) is 0 Å². The zero-order valence-electron chi connectivity index (χ0n) is 9.46. The molecule has 1 saturated heterocycles. The summed E-state index contributed by atoms with van der Waals surface area (Å²) in [6.07, 6.45) is 4.05. The number of nitrogens with zero attached hydrogens (tertiary/aromatic N) is 2. The van der Waals surface area contributed by atoms with Crippen molar-refractivity contribution >= 4 is 23.2 Å². The molecule has 17 heavy (non-hydrogen) atoms. The van der Waals surface area contributed by atoms with Gasteiger partial charge >= 0.3 is 0 Å². The van der Waals surface area contributed by atoms with Crippen molar-refractivity contribution in [1.29, 1.82) is 0 Å². The Morgan fingerprint density at radius 1 is 1.47 bits per heavy atom. The molecule has 1 fully saturated rings. The molecule has 1 atom stereocenters. The summed E-state index contributed by atoms with van der Waals surface area (Å²) in [6, 6.07) is 0. The highest BCUT2D eigenvalue weighted by Gasteiger charge is 2.13. The number of hydrogen-bond donors (Lipinski definition) is 1. The van der Waals surface area contributed by atoms with Crippen LogP contribution in [0.1, 0.15) is 18.4 Å². The van der Waals surface area contributed by atoms with Crippen molar-refractivity contribution in [1.82, 2.24) is 15.3 Å². The smallest absolute Gasteiger partial charge is 0.223 e. The maximum atomic E-state index is 5.92. The number of piperidine rings is 1. The van der Waals surface area contributed by atoms with Crippen molar-refractivity contribution in [2.24, 2.45) is 5.92 Å². The van der Waals surface area contributed by atoms with Crippen LogP contribution in [0, 0.1) is 5.92 Å². The summed E-state index contributed by atoms with van der Waals surface area (Å²) in [5, 5.41) is 3.88. The van der Waals surface area contributed by atoms with Crippen LogP contribution in [0.2, 0.25) is 10.4 Å². The number of halogens is 2. The van der Waals surface area contributed by atoms with Crippen LogP contribution in [0.25, 0.3) is 0 Å². The first-order chi connectivity index (χ1) is 8.25. The van der Waals surface area contributed by atoms with Crippen LogP contribution in [0.15, 0.2) is 6.20 Å². The van der Waals surface area contributed by atoms with Gasteiger partial charge in [-0.15, -0.1) is 0 Å². The predicted octanol–water partition coefficient (Wildman–Crippen LogP) is 2.30. The topological polar surface area (TPSA) is 47.0 Å². The largest absolute Gasteiger partial charge is 0.376 e. The van der Waals surface area contributed by atoms with Gasteiger partial charge in [-0.2, -0.15) is 0 Å². The summed E-state index contributed by atoms with van der Waals surface area (Å²) in [4.78, 5) is 7.75. The molecular weight excluding hydrogens is 261 g/mol. The van der Waals surface area contributed by atoms with Crippen molar-refractivity contribution in [2.75, 3.05) is 19.7 Å². The van der Waals surface area contributed by atoms with E-state index in [0.29, 0.717) is 17.7 Å². The fourth-order valence-electron chi connectivity index (χ4n) is 1.86. The monoisotopic (exact) mass is 275 g/mol. The normalized spacial score (nSPS) is 20.5. The molecule has 2 rings (SSSR count). The highest BCUT2D eigenvalue weighted by atomic mass is 35.5. The molecule has 6 heteroatoms. The van der Waals surface area contributed by atoms with Crippen LogP contribution in [-0.4, -0.2) is 29.7 Å². The van der Waals surface area contributed by atoms with Crippen LogP contribution in [0.5, 0.6) is 0 Å². The van der Waals surface area contributed by atoms with Crippen LogP contribution in [0.3, 0.4) is 0 Å². The molecule has 1 unspecified atom stereocenters. The highest BCUT2D eigenvalue weighted by Crippen LogP contribution is 2.16. The number of hydrogen-bond acceptors (Lipinski definition) is 4. The Morgan fingerprint density at radius 2 is 2.35 bits per heavy atom. The summed E-state index contributed by atoms with van der Waals surface area (Å²) >= 11 is 11.5. The van der Waals surface area contributed by atoms with E-state index in [2.05, 4.69) is 15.3 Å². The predicted molar refractivity (Wildman–Crippen MR) is 67.3 cm³/mol. The number of rotatable bonds is 4. The molecule has 4 nitrogen and oxygen atoms in total. The molecule has 1 aromatic heterocycles. The van der Waals surface area contributed by atoms with E-state index in [1.807, 2.05) is 0 Å². The van der Waals surface area contributed by atoms with E-state index >= 15 is 0 Å². The Labute approximate surface area is 111 Å². The number of ether oxygens (including phenoxy) is 1. The third kappa shape index (κ3) is 4.07. The number of nitrogens with one attached hydrogen (secondary N) is 1. The molecule has 1 aromatic rings. The minimum absolute atomic E-state index is 0.162. The lowest BCUT2D eigenvalue weighted by molar-refractivity contribution is 0.0780. The van der Waals surface area contributed by atoms with E-state index in [9.17, 15) is 0 Å². The molecule has 0 amide bonds. The molecule has 94 valence electrons. The van der Waals surface area contributed by atoms with E-state index in [1.165, 1.54) is 12.8 Å². The van der Waals surface area contributed by atoms with Crippen LogP contribution >= 0.6 is 23.2 Å². The van der Waals surface area contributed by atoms with Gasteiger partial charge in [-0.1, -0.05) is 11.6 Å². The van der Waals surface area contributed by atoms with Gasteiger partial charge in [0.2, 0.25) is 5.28 Å². The third-order valence-corrected chi connectivity index (χ3v) is 3.30. The molecule has 0 bridgehead atoms. The van der Waals surface area contributed by atoms with Crippen molar-refractivity contribution in [2.45, 2.75) is 19.4 Å². The Kier molecular flexibility index (Phi) is 4.98. The maximum Gasteiger partial charge on any atom is 0.223 e. The van der Waals surface area contributed by atoms with Gasteiger partial charge in [0, 0.05) is 18.3 Å². The first-order valence-corrected chi connectivity index (χ1v) is 6.46. The summed E-state index contributed by atoms with van der Waals surface area (Å²) < 4.78 is 5.63. The molecule has 0 radical (unpaired) electrons. The second-order valence-electron chi connectivity index (χ2n) is 4.18. The lowest BCUT2D eigenvalue weighted by atomic mass is 10.0. The van der Waals surface area contributed by atoms with E-state index in [4.69, 9.17) is 27.9 Å². The van der Waals surface area contributed by atoms with Crippen molar-refractivity contribution in [3.05, 3.63) is 22.2 Å². The quantitative estimate of drug-likeness (QED) is 0.677. The molecule has 0 spiro atoms. The fraction of sp³-hybridized carbons (Fsp3) is 0.636. The van der Waals surface area contributed by atoms with Gasteiger partial charge in [0.05, 0.1) is 13.2 Å². The molecule has 1 aliphatic heterocycles. The van der Waals surface area contributed by atoms with Gasteiger partial charge in [-0.25, -0.2) is 9.97 Å². The van der Waals surface area contributed by atoms with Gasteiger partial charge in [0.1, 0.15) is 5.15 Å². The van der Waals surface area contributed by atoms with Crippen LogP contribution in [0.4, 0.5) is 0 Å². The second kappa shape index (κ2) is 6.50. The molecular formula is C11H15Cl2N3O. The molecule has 1 N–H and O–H groups in total. The Morgan fingerprint density at radius 3 is 3.06 bits per heavy atom. The summed E-state index contributed by atoms with van der Waals surface area (Å²) in [5.41, 5.74) is 0.778. The molecule has 0 aliphatic carbocycles. The molecule has 2 heterocycles. The number of aromatic nitrogens is 2. The minimum atomic E-state index is 0.162. The summed E-state index contributed by atoms with van der Waals surface area (Å²) in [5.74, 6) is 0.593. The molecule has 0 aromatic carbocycles.